The molecule has 1 aromatic carbocycles. The van der Waals surface area contributed by atoms with E-state index in [4.69, 9.17) is 23.2 Å². The number of halogens is 2. The van der Waals surface area contributed by atoms with Crippen molar-refractivity contribution in [2.45, 2.75) is 10.5 Å². The average molecular weight is 302 g/mol. The predicted molar refractivity (Wildman–Crippen MR) is 68.8 cm³/mol. The van der Waals surface area contributed by atoms with Crippen molar-refractivity contribution in [1.29, 1.82) is 0 Å². The van der Waals surface area contributed by atoms with Gasteiger partial charge in [0.15, 0.2) is 4.84 Å². The second-order valence-electron chi connectivity index (χ2n) is 3.84. The summed E-state index contributed by atoms with van der Waals surface area (Å²) in [5, 5.41) is 6.54. The molecular formula is C11H9Cl2N3O3. The molecule has 100 valence electrons. The van der Waals surface area contributed by atoms with Crippen LogP contribution in [0.2, 0.25) is 0 Å². The number of rotatable bonds is 3. The van der Waals surface area contributed by atoms with Crippen LogP contribution in [0.1, 0.15) is 10.4 Å². The Kier molecular flexibility index (Phi) is 3.64. The fourth-order valence-electron chi connectivity index (χ4n) is 1.61. The Hall–Kier alpha value is -1.79. The Bertz CT molecular complexity index is 535. The van der Waals surface area contributed by atoms with Crippen LogP contribution >= 0.6 is 23.2 Å². The van der Waals surface area contributed by atoms with Crippen LogP contribution in [0.25, 0.3) is 0 Å². The molecule has 8 heteroatoms. The standard InChI is InChI=1S/C11H9Cl2N3O3/c12-8(13)11(9(18)14-10(19)16-11)15-7(17)6-4-2-1-3-5-6/h1-5,8H,(H,15,17)(H2,14,16,18,19)/t11-/m0/s1. The lowest BCUT2D eigenvalue weighted by atomic mass is 10.1. The molecule has 1 saturated heterocycles. The molecule has 0 aromatic heterocycles. The first kappa shape index (κ1) is 13.6. The fraction of sp³-hybridized carbons (Fsp3) is 0.182. The van der Waals surface area contributed by atoms with E-state index in [0.29, 0.717) is 5.56 Å². The molecular weight excluding hydrogens is 293 g/mol. The molecule has 2 rings (SSSR count). The van der Waals surface area contributed by atoms with Gasteiger partial charge in [-0.2, -0.15) is 0 Å². The fourth-order valence-corrected chi connectivity index (χ4v) is 2.02. The number of nitrogens with one attached hydrogen (secondary N) is 3. The molecule has 4 amide bonds. The van der Waals surface area contributed by atoms with Crippen molar-refractivity contribution in [3.63, 3.8) is 0 Å². The molecule has 1 aliphatic rings. The van der Waals surface area contributed by atoms with E-state index in [0.717, 1.165) is 0 Å². The largest absolute Gasteiger partial charge is 0.323 e. The van der Waals surface area contributed by atoms with Crippen LogP contribution in [0.5, 0.6) is 0 Å². The maximum absolute atomic E-state index is 12.0. The monoisotopic (exact) mass is 301 g/mol. The molecule has 3 N–H and O–H groups in total. The smallest absolute Gasteiger partial charge is 0.319 e. The van der Waals surface area contributed by atoms with Gasteiger partial charge in [-0.05, 0) is 12.1 Å². The van der Waals surface area contributed by atoms with Crippen molar-refractivity contribution in [2.24, 2.45) is 0 Å². The van der Waals surface area contributed by atoms with E-state index in [1.165, 1.54) is 0 Å². The van der Waals surface area contributed by atoms with Crippen molar-refractivity contribution in [3.8, 4) is 0 Å². The quantitative estimate of drug-likeness (QED) is 0.569. The Morgan fingerprint density at radius 1 is 1.21 bits per heavy atom. The lowest BCUT2D eigenvalue weighted by molar-refractivity contribution is -0.124. The van der Waals surface area contributed by atoms with E-state index in [9.17, 15) is 14.4 Å². The SMILES string of the molecule is O=C1NC(=O)[C@](NC(=O)c2ccccc2)(C(Cl)Cl)N1. The summed E-state index contributed by atoms with van der Waals surface area (Å²) in [4.78, 5) is 33.6. The Labute approximate surface area is 118 Å². The summed E-state index contributed by atoms with van der Waals surface area (Å²) in [6.07, 6.45) is 0. The highest BCUT2D eigenvalue weighted by Crippen LogP contribution is 2.22. The highest BCUT2D eigenvalue weighted by atomic mass is 35.5. The first-order valence-corrected chi connectivity index (χ1v) is 6.12. The maximum Gasteiger partial charge on any atom is 0.323 e. The Morgan fingerprint density at radius 2 is 1.84 bits per heavy atom. The zero-order chi connectivity index (χ0) is 14.0. The number of carbonyl (C=O) groups excluding carboxylic acids is 3. The minimum absolute atomic E-state index is 0.310. The molecule has 0 spiro atoms. The molecule has 1 atom stereocenters. The Morgan fingerprint density at radius 3 is 2.32 bits per heavy atom. The lowest BCUT2D eigenvalue weighted by Crippen LogP contribution is -2.64. The van der Waals surface area contributed by atoms with Crippen molar-refractivity contribution in [1.82, 2.24) is 16.0 Å². The molecule has 0 unspecified atom stereocenters. The van der Waals surface area contributed by atoms with Gasteiger partial charge in [-0.1, -0.05) is 18.2 Å². The molecule has 0 saturated carbocycles. The number of hydrogen-bond donors (Lipinski definition) is 3. The average Bonchev–Trinajstić information content (AvgIpc) is 2.66. The molecule has 6 nitrogen and oxygen atoms in total. The Balaban J connectivity index is 2.26. The number of imide groups is 1. The summed E-state index contributed by atoms with van der Waals surface area (Å²) >= 11 is 11.4. The third-order valence-corrected chi connectivity index (χ3v) is 3.22. The normalized spacial score (nSPS) is 22.1. The summed E-state index contributed by atoms with van der Waals surface area (Å²) in [6, 6.07) is 7.39. The van der Waals surface area contributed by atoms with E-state index in [2.05, 4.69) is 10.6 Å². The summed E-state index contributed by atoms with van der Waals surface area (Å²) in [6.45, 7) is 0. The molecule has 1 fully saturated rings. The predicted octanol–water partition coefficient (Wildman–Crippen LogP) is 0.756. The van der Waals surface area contributed by atoms with Crippen molar-refractivity contribution < 1.29 is 14.4 Å². The van der Waals surface area contributed by atoms with Crippen LogP contribution < -0.4 is 16.0 Å². The lowest BCUT2D eigenvalue weighted by Gasteiger charge is -2.28. The van der Waals surface area contributed by atoms with Gasteiger partial charge in [0.25, 0.3) is 11.8 Å². The minimum Gasteiger partial charge on any atom is -0.319 e. The van der Waals surface area contributed by atoms with E-state index in [-0.39, 0.29) is 0 Å². The third-order valence-electron chi connectivity index (χ3n) is 2.57. The number of amides is 4. The van der Waals surface area contributed by atoms with Gasteiger partial charge in [0.05, 0.1) is 0 Å². The first-order chi connectivity index (χ1) is 8.95. The summed E-state index contributed by atoms with van der Waals surface area (Å²) in [5.41, 5.74) is -1.56. The molecule has 19 heavy (non-hydrogen) atoms. The van der Waals surface area contributed by atoms with Crippen molar-refractivity contribution >= 4 is 41.0 Å². The number of hydrogen-bond acceptors (Lipinski definition) is 3. The van der Waals surface area contributed by atoms with Gasteiger partial charge in [0.1, 0.15) is 0 Å². The van der Waals surface area contributed by atoms with Crippen LogP contribution in [0.15, 0.2) is 30.3 Å². The first-order valence-electron chi connectivity index (χ1n) is 5.25. The van der Waals surface area contributed by atoms with E-state index in [1.807, 2.05) is 5.32 Å². The summed E-state index contributed by atoms with van der Waals surface area (Å²) in [5.74, 6) is -1.39. The molecule has 1 heterocycles. The van der Waals surface area contributed by atoms with Crippen LogP contribution in [-0.2, 0) is 4.79 Å². The number of alkyl halides is 2. The number of carbonyl (C=O) groups is 3. The van der Waals surface area contributed by atoms with Gasteiger partial charge in [-0.3, -0.25) is 14.9 Å². The van der Waals surface area contributed by atoms with Crippen molar-refractivity contribution in [3.05, 3.63) is 35.9 Å². The van der Waals surface area contributed by atoms with Gasteiger partial charge in [-0.15, -0.1) is 23.2 Å². The summed E-state index contributed by atoms with van der Waals surface area (Å²) in [7, 11) is 0. The highest BCUT2D eigenvalue weighted by molar-refractivity contribution is 6.47. The molecule has 1 aliphatic heterocycles. The third kappa shape index (κ3) is 2.50. The highest BCUT2D eigenvalue weighted by Gasteiger charge is 2.52. The van der Waals surface area contributed by atoms with E-state index in [1.54, 1.807) is 30.3 Å². The van der Waals surface area contributed by atoms with Gasteiger partial charge in [0.2, 0.25) is 5.66 Å². The summed E-state index contributed by atoms with van der Waals surface area (Å²) < 4.78 is 0. The van der Waals surface area contributed by atoms with Crippen LogP contribution in [-0.4, -0.2) is 28.3 Å². The van der Waals surface area contributed by atoms with Gasteiger partial charge < -0.3 is 10.6 Å². The van der Waals surface area contributed by atoms with Crippen LogP contribution in [0.4, 0.5) is 4.79 Å². The maximum atomic E-state index is 12.0. The zero-order valence-electron chi connectivity index (χ0n) is 9.44. The second kappa shape index (κ2) is 5.07. The van der Waals surface area contributed by atoms with Crippen LogP contribution in [0.3, 0.4) is 0 Å². The molecule has 0 bridgehead atoms. The number of urea groups is 1. The van der Waals surface area contributed by atoms with Crippen molar-refractivity contribution in [2.75, 3.05) is 0 Å². The molecule has 0 aliphatic carbocycles. The second-order valence-corrected chi connectivity index (χ2v) is 4.93. The molecule has 0 radical (unpaired) electrons. The topological polar surface area (TPSA) is 87.3 Å². The van der Waals surface area contributed by atoms with Crippen LogP contribution in [0, 0.1) is 0 Å². The van der Waals surface area contributed by atoms with Gasteiger partial charge >= 0.3 is 6.03 Å². The van der Waals surface area contributed by atoms with Gasteiger partial charge in [-0.25, -0.2) is 4.79 Å². The minimum atomic E-state index is -1.87. The number of benzene rings is 1. The van der Waals surface area contributed by atoms with E-state index < -0.39 is 28.3 Å². The molecule has 1 aromatic rings. The van der Waals surface area contributed by atoms with Gasteiger partial charge in [0, 0.05) is 5.56 Å². The zero-order valence-corrected chi connectivity index (χ0v) is 11.0. The van der Waals surface area contributed by atoms with E-state index >= 15 is 0 Å².